The van der Waals surface area contributed by atoms with Crippen LogP contribution in [-0.4, -0.2) is 16.6 Å². The van der Waals surface area contributed by atoms with Crippen molar-refractivity contribution >= 4 is 31.9 Å². The molecule has 0 amide bonds. The molecule has 0 N–H and O–H groups in total. The summed E-state index contributed by atoms with van der Waals surface area (Å²) in [6, 6.07) is 22.2. The molecule has 28 heavy (non-hydrogen) atoms. The summed E-state index contributed by atoms with van der Waals surface area (Å²) < 4.78 is 15.0. The number of halogens is 2. The Hall–Kier alpha value is -2.57. The minimum atomic E-state index is 0.242. The zero-order valence-corrected chi connectivity index (χ0v) is 17.8. The second-order valence-electron chi connectivity index (χ2n) is 6.32. The second kappa shape index (κ2) is 7.11. The van der Waals surface area contributed by atoms with Crippen molar-refractivity contribution in [3.8, 4) is 39.6 Å². The van der Waals surface area contributed by atoms with E-state index in [2.05, 4.69) is 37.9 Å². The van der Waals surface area contributed by atoms with Gasteiger partial charge in [-0.25, -0.2) is 4.68 Å². The van der Waals surface area contributed by atoms with Gasteiger partial charge in [0.2, 0.25) is 6.79 Å². The van der Waals surface area contributed by atoms with Gasteiger partial charge in [-0.05, 0) is 30.3 Å². The lowest BCUT2D eigenvalue weighted by Gasteiger charge is -2.13. The van der Waals surface area contributed by atoms with E-state index in [1.807, 2.05) is 71.5 Å². The summed E-state index contributed by atoms with van der Waals surface area (Å²) in [6.45, 7) is 0.242. The highest BCUT2D eigenvalue weighted by atomic mass is 79.9. The Morgan fingerprint density at radius 2 is 1.46 bits per heavy atom. The summed E-state index contributed by atoms with van der Waals surface area (Å²) in [5.41, 5.74) is 5.05. The second-order valence-corrected chi connectivity index (χ2v) is 8.03. The Morgan fingerprint density at radius 3 is 2.25 bits per heavy atom. The summed E-state index contributed by atoms with van der Waals surface area (Å²) in [6.07, 6.45) is 1.89. The molecule has 0 bridgehead atoms. The number of nitrogens with zero attached hydrogens (tertiary/aromatic N) is 2. The summed E-state index contributed by atoms with van der Waals surface area (Å²) in [7, 11) is 0. The van der Waals surface area contributed by atoms with Gasteiger partial charge in [-0.2, -0.15) is 5.10 Å². The molecular weight excluding hydrogens is 484 g/mol. The predicted molar refractivity (Wildman–Crippen MR) is 116 cm³/mol. The molecule has 0 atom stereocenters. The highest BCUT2D eigenvalue weighted by Gasteiger charge is 2.23. The van der Waals surface area contributed by atoms with Crippen molar-refractivity contribution < 1.29 is 9.47 Å². The van der Waals surface area contributed by atoms with E-state index in [4.69, 9.17) is 14.6 Å². The first-order valence-electron chi connectivity index (χ1n) is 8.70. The predicted octanol–water partition coefficient (Wildman–Crippen LogP) is 6.46. The van der Waals surface area contributed by atoms with E-state index in [9.17, 15) is 0 Å². The molecular formula is C22H14Br2N2O2. The molecule has 0 saturated carbocycles. The van der Waals surface area contributed by atoms with Gasteiger partial charge in [-0.15, -0.1) is 0 Å². The van der Waals surface area contributed by atoms with Gasteiger partial charge in [0, 0.05) is 25.6 Å². The zero-order chi connectivity index (χ0) is 19.1. The number of benzene rings is 3. The van der Waals surface area contributed by atoms with Crippen molar-refractivity contribution in [1.82, 2.24) is 9.78 Å². The number of hydrogen-bond acceptors (Lipinski definition) is 3. The van der Waals surface area contributed by atoms with Crippen LogP contribution in [0.15, 0.2) is 81.9 Å². The Balaban J connectivity index is 1.78. The van der Waals surface area contributed by atoms with Crippen LogP contribution in [0, 0.1) is 0 Å². The molecule has 1 aliphatic heterocycles. The summed E-state index contributed by atoms with van der Waals surface area (Å²) in [4.78, 5) is 0. The molecule has 0 spiro atoms. The van der Waals surface area contributed by atoms with Gasteiger partial charge in [0.1, 0.15) is 0 Å². The van der Waals surface area contributed by atoms with Gasteiger partial charge in [-0.3, -0.25) is 0 Å². The minimum absolute atomic E-state index is 0.242. The maximum Gasteiger partial charge on any atom is 0.231 e. The van der Waals surface area contributed by atoms with E-state index >= 15 is 0 Å². The smallest absolute Gasteiger partial charge is 0.231 e. The number of ether oxygens (including phenoxy) is 2. The van der Waals surface area contributed by atoms with Crippen LogP contribution < -0.4 is 9.47 Å². The molecule has 0 saturated heterocycles. The summed E-state index contributed by atoms with van der Waals surface area (Å²) in [5.74, 6) is 1.48. The van der Waals surface area contributed by atoms with Crippen LogP contribution >= 0.6 is 31.9 Å². The Bertz CT molecular complexity index is 1170. The molecule has 0 unspecified atom stereocenters. The van der Waals surface area contributed by atoms with Crippen molar-refractivity contribution in [1.29, 1.82) is 0 Å². The first-order chi connectivity index (χ1) is 13.7. The lowest BCUT2D eigenvalue weighted by molar-refractivity contribution is 0.174. The number of aromatic nitrogens is 2. The van der Waals surface area contributed by atoms with Crippen molar-refractivity contribution in [3.63, 3.8) is 0 Å². The third kappa shape index (κ3) is 2.93. The van der Waals surface area contributed by atoms with Crippen molar-refractivity contribution in [2.75, 3.05) is 6.79 Å². The topological polar surface area (TPSA) is 36.3 Å². The Kier molecular flexibility index (Phi) is 4.45. The largest absolute Gasteiger partial charge is 0.454 e. The van der Waals surface area contributed by atoms with Crippen LogP contribution in [0.5, 0.6) is 11.5 Å². The van der Waals surface area contributed by atoms with E-state index in [-0.39, 0.29) is 6.79 Å². The number of para-hydroxylation sites is 1. The number of hydrogen-bond donors (Lipinski definition) is 0. The molecule has 1 aliphatic rings. The third-order valence-electron chi connectivity index (χ3n) is 4.65. The van der Waals surface area contributed by atoms with Crippen LogP contribution in [0.1, 0.15) is 0 Å². The normalized spacial score (nSPS) is 12.4. The van der Waals surface area contributed by atoms with Gasteiger partial charge in [0.05, 0.1) is 17.6 Å². The van der Waals surface area contributed by atoms with Crippen LogP contribution in [0.4, 0.5) is 0 Å². The molecule has 138 valence electrons. The maximum absolute atomic E-state index is 5.60. The molecule has 1 aromatic heterocycles. The maximum atomic E-state index is 5.60. The van der Waals surface area contributed by atoms with Crippen molar-refractivity contribution in [3.05, 3.63) is 81.9 Å². The van der Waals surface area contributed by atoms with Gasteiger partial charge in [0.15, 0.2) is 11.5 Å². The lowest BCUT2D eigenvalue weighted by atomic mass is 10.0. The molecule has 0 radical (unpaired) electrons. The van der Waals surface area contributed by atoms with E-state index in [1.165, 1.54) is 0 Å². The van der Waals surface area contributed by atoms with E-state index in [0.29, 0.717) is 0 Å². The standard InChI is InChI=1S/C22H14Br2N2O2/c23-18-9-5-4-8-15(18)22-17(12-25-26(22)14-6-2-1-3-7-14)16-10-20-21(11-19(16)24)28-13-27-20/h1-12H,13H2. The van der Waals surface area contributed by atoms with Gasteiger partial charge < -0.3 is 9.47 Å². The molecule has 6 heteroatoms. The van der Waals surface area contributed by atoms with Crippen LogP contribution in [0.25, 0.3) is 28.1 Å². The first kappa shape index (κ1) is 17.5. The van der Waals surface area contributed by atoms with Crippen LogP contribution in [-0.2, 0) is 0 Å². The van der Waals surface area contributed by atoms with Gasteiger partial charge >= 0.3 is 0 Å². The van der Waals surface area contributed by atoms with E-state index < -0.39 is 0 Å². The molecule has 0 aliphatic carbocycles. The molecule has 0 fully saturated rings. The Morgan fingerprint density at radius 1 is 0.750 bits per heavy atom. The fraction of sp³-hybridized carbons (Fsp3) is 0.0455. The molecule has 2 heterocycles. The third-order valence-corrected chi connectivity index (χ3v) is 6.00. The van der Waals surface area contributed by atoms with Gasteiger partial charge in [-0.1, -0.05) is 68.3 Å². The van der Waals surface area contributed by atoms with Gasteiger partial charge in [0.25, 0.3) is 0 Å². The van der Waals surface area contributed by atoms with Crippen molar-refractivity contribution in [2.24, 2.45) is 0 Å². The average molecular weight is 498 g/mol. The summed E-state index contributed by atoms with van der Waals surface area (Å²) >= 11 is 7.39. The fourth-order valence-electron chi connectivity index (χ4n) is 3.35. The van der Waals surface area contributed by atoms with E-state index in [1.54, 1.807) is 0 Å². The highest BCUT2D eigenvalue weighted by molar-refractivity contribution is 9.11. The van der Waals surface area contributed by atoms with Crippen LogP contribution in [0.3, 0.4) is 0 Å². The SMILES string of the molecule is Brc1cc2c(cc1-c1cnn(-c3ccccc3)c1-c1ccccc1Br)OCO2. The zero-order valence-electron chi connectivity index (χ0n) is 14.6. The molecule has 5 rings (SSSR count). The minimum Gasteiger partial charge on any atom is -0.454 e. The highest BCUT2D eigenvalue weighted by Crippen LogP contribution is 2.45. The first-order valence-corrected chi connectivity index (χ1v) is 10.3. The van der Waals surface area contributed by atoms with Crippen LogP contribution in [0.2, 0.25) is 0 Å². The van der Waals surface area contributed by atoms with Crippen molar-refractivity contribution in [2.45, 2.75) is 0 Å². The van der Waals surface area contributed by atoms with E-state index in [0.717, 1.165) is 48.5 Å². The lowest BCUT2D eigenvalue weighted by Crippen LogP contribution is -1.99. The monoisotopic (exact) mass is 496 g/mol. The fourth-order valence-corrected chi connectivity index (χ4v) is 4.36. The summed E-state index contributed by atoms with van der Waals surface area (Å²) in [5, 5.41) is 4.72. The number of fused-ring (bicyclic) bond motifs is 1. The molecule has 4 nitrogen and oxygen atoms in total. The quantitative estimate of drug-likeness (QED) is 0.326. The molecule has 4 aromatic rings. The average Bonchev–Trinajstić information content (AvgIpc) is 3.35. The number of rotatable bonds is 3. The molecule has 3 aromatic carbocycles. The Labute approximate surface area is 179 Å².